The van der Waals surface area contributed by atoms with E-state index < -0.39 is 0 Å². The quantitative estimate of drug-likeness (QED) is 0.676. The van der Waals surface area contributed by atoms with Crippen molar-refractivity contribution in [1.29, 1.82) is 0 Å². The fraction of sp³-hybridized carbons (Fsp3) is 0.333. The van der Waals surface area contributed by atoms with Gasteiger partial charge in [-0.15, -0.1) is 0 Å². The Morgan fingerprint density at radius 2 is 1.96 bits per heavy atom. The second-order valence-corrected chi connectivity index (χ2v) is 6.53. The van der Waals surface area contributed by atoms with Crippen LogP contribution in [0.2, 0.25) is 0 Å². The molecule has 0 bridgehead atoms. The molecule has 1 aliphatic rings. The molecule has 0 saturated heterocycles. The molecule has 4 nitrogen and oxygen atoms in total. The van der Waals surface area contributed by atoms with Crippen LogP contribution < -0.4 is 10.6 Å². The molecule has 0 saturated carbocycles. The molecule has 0 unspecified atom stereocenters. The number of rotatable bonds is 6. The molecular formula is C18H21BrN4. The van der Waals surface area contributed by atoms with E-state index in [1.54, 1.807) is 11.9 Å². The number of para-hydroxylation sites is 1. The lowest BCUT2D eigenvalue weighted by atomic mass is 9.97. The third kappa shape index (κ3) is 4.79. The molecular weight excluding hydrogens is 352 g/mol. The van der Waals surface area contributed by atoms with Crippen molar-refractivity contribution >= 4 is 33.3 Å². The molecule has 0 amide bonds. The molecule has 0 spiro atoms. The summed E-state index contributed by atoms with van der Waals surface area (Å²) in [6, 6.07) is 9.93. The van der Waals surface area contributed by atoms with Crippen LogP contribution in [0, 0.1) is 0 Å². The van der Waals surface area contributed by atoms with Crippen molar-refractivity contribution in [2.45, 2.75) is 32.1 Å². The average Bonchev–Trinajstić information content (AvgIpc) is 2.58. The Balaban J connectivity index is 1.57. The first-order valence-electron chi connectivity index (χ1n) is 8.06. The minimum atomic E-state index is 0.784. The van der Waals surface area contributed by atoms with Gasteiger partial charge in [0.1, 0.15) is 18.0 Å². The van der Waals surface area contributed by atoms with Gasteiger partial charge in [-0.25, -0.2) is 9.97 Å². The van der Waals surface area contributed by atoms with Crippen molar-refractivity contribution < 1.29 is 0 Å². The lowest BCUT2D eigenvalue weighted by Crippen LogP contribution is -2.06. The minimum absolute atomic E-state index is 0.784. The molecule has 23 heavy (non-hydrogen) atoms. The van der Waals surface area contributed by atoms with E-state index in [0.717, 1.165) is 34.8 Å². The highest BCUT2D eigenvalue weighted by Crippen LogP contribution is 2.25. The van der Waals surface area contributed by atoms with Crippen molar-refractivity contribution in [2.24, 2.45) is 0 Å². The lowest BCUT2D eigenvalue weighted by molar-refractivity contribution is 0.679. The molecule has 0 radical (unpaired) electrons. The van der Waals surface area contributed by atoms with Gasteiger partial charge in [0.15, 0.2) is 0 Å². The topological polar surface area (TPSA) is 49.8 Å². The molecule has 1 aromatic carbocycles. The normalized spacial score (nSPS) is 14.2. The van der Waals surface area contributed by atoms with E-state index in [4.69, 9.17) is 0 Å². The Morgan fingerprint density at radius 1 is 1.09 bits per heavy atom. The second kappa shape index (κ2) is 8.11. The van der Waals surface area contributed by atoms with Gasteiger partial charge in [0, 0.05) is 17.1 Å². The van der Waals surface area contributed by atoms with Gasteiger partial charge in [-0.2, -0.15) is 0 Å². The zero-order valence-electron chi connectivity index (χ0n) is 13.1. The number of nitrogens with zero attached hydrogens (tertiary/aromatic N) is 2. The van der Waals surface area contributed by atoms with Gasteiger partial charge in [0.05, 0.1) is 5.69 Å². The van der Waals surface area contributed by atoms with Gasteiger partial charge in [0.2, 0.25) is 0 Å². The SMILES string of the molecule is Brc1ccccc1Nc1cc(NCCC2=CCCCC2)ncn1. The van der Waals surface area contributed by atoms with E-state index in [2.05, 4.69) is 42.6 Å². The molecule has 120 valence electrons. The van der Waals surface area contributed by atoms with Crippen molar-refractivity contribution in [2.75, 3.05) is 17.2 Å². The van der Waals surface area contributed by atoms with Crippen molar-refractivity contribution in [1.82, 2.24) is 9.97 Å². The molecule has 2 N–H and O–H groups in total. The maximum atomic E-state index is 4.29. The van der Waals surface area contributed by atoms with E-state index in [1.165, 1.54) is 25.7 Å². The van der Waals surface area contributed by atoms with Crippen molar-refractivity contribution in [3.63, 3.8) is 0 Å². The van der Waals surface area contributed by atoms with Crippen LogP contribution in [-0.2, 0) is 0 Å². The first-order chi connectivity index (χ1) is 11.3. The van der Waals surface area contributed by atoms with Crippen molar-refractivity contribution in [3.8, 4) is 0 Å². The van der Waals surface area contributed by atoms with E-state index in [9.17, 15) is 0 Å². The fourth-order valence-corrected chi connectivity index (χ4v) is 3.09. The summed E-state index contributed by atoms with van der Waals surface area (Å²) in [5, 5.41) is 6.69. The number of allylic oxidation sites excluding steroid dienone is 1. The first-order valence-corrected chi connectivity index (χ1v) is 8.86. The maximum Gasteiger partial charge on any atom is 0.135 e. The summed E-state index contributed by atoms with van der Waals surface area (Å²) in [4.78, 5) is 8.57. The summed E-state index contributed by atoms with van der Waals surface area (Å²) < 4.78 is 1.01. The molecule has 0 fully saturated rings. The molecule has 1 heterocycles. The van der Waals surface area contributed by atoms with E-state index >= 15 is 0 Å². The molecule has 0 aliphatic heterocycles. The lowest BCUT2D eigenvalue weighted by Gasteiger charge is -2.13. The zero-order chi connectivity index (χ0) is 15.9. The van der Waals surface area contributed by atoms with Crippen LogP contribution in [0.5, 0.6) is 0 Å². The van der Waals surface area contributed by atoms with Gasteiger partial charge < -0.3 is 10.6 Å². The maximum absolute atomic E-state index is 4.29. The number of nitrogens with one attached hydrogen (secondary N) is 2. The van der Waals surface area contributed by atoms with E-state index in [1.807, 2.05) is 30.3 Å². The highest BCUT2D eigenvalue weighted by Gasteiger charge is 2.05. The number of hydrogen-bond acceptors (Lipinski definition) is 4. The molecule has 2 aromatic rings. The number of halogens is 1. The van der Waals surface area contributed by atoms with Gasteiger partial charge >= 0.3 is 0 Å². The molecule has 5 heteroatoms. The Kier molecular flexibility index (Phi) is 5.64. The molecule has 3 rings (SSSR count). The number of hydrogen-bond donors (Lipinski definition) is 2. The number of anilines is 3. The van der Waals surface area contributed by atoms with Gasteiger partial charge in [0.25, 0.3) is 0 Å². The molecule has 1 aliphatic carbocycles. The summed E-state index contributed by atoms with van der Waals surface area (Å²) in [6.45, 7) is 0.914. The van der Waals surface area contributed by atoms with Crippen LogP contribution in [0.1, 0.15) is 32.1 Å². The van der Waals surface area contributed by atoms with Crippen LogP contribution in [0.3, 0.4) is 0 Å². The van der Waals surface area contributed by atoms with Crippen LogP contribution in [0.25, 0.3) is 0 Å². The number of aromatic nitrogens is 2. The van der Waals surface area contributed by atoms with Crippen LogP contribution in [-0.4, -0.2) is 16.5 Å². The summed E-state index contributed by atoms with van der Waals surface area (Å²) in [7, 11) is 0. The Labute approximate surface area is 145 Å². The third-order valence-corrected chi connectivity index (χ3v) is 4.63. The largest absolute Gasteiger partial charge is 0.370 e. The standard InChI is InChI=1S/C18H21BrN4/c19-15-8-4-5-9-16(15)23-18-12-17(21-13-22-18)20-11-10-14-6-2-1-3-7-14/h4-6,8-9,12-13H,1-3,7,10-11H2,(H2,20,21,22,23). The van der Waals surface area contributed by atoms with Gasteiger partial charge in [-0.05, 0) is 60.2 Å². The average molecular weight is 373 g/mol. The second-order valence-electron chi connectivity index (χ2n) is 5.68. The minimum Gasteiger partial charge on any atom is -0.370 e. The van der Waals surface area contributed by atoms with Crippen molar-refractivity contribution in [3.05, 3.63) is 52.8 Å². The molecule has 0 atom stereocenters. The first kappa shape index (κ1) is 16.0. The summed E-state index contributed by atoms with van der Waals surface area (Å²) in [5.41, 5.74) is 2.56. The Morgan fingerprint density at radius 3 is 2.78 bits per heavy atom. The highest BCUT2D eigenvalue weighted by molar-refractivity contribution is 9.10. The van der Waals surface area contributed by atoms with E-state index in [-0.39, 0.29) is 0 Å². The fourth-order valence-electron chi connectivity index (χ4n) is 2.71. The monoisotopic (exact) mass is 372 g/mol. The van der Waals surface area contributed by atoms with Gasteiger partial charge in [-0.1, -0.05) is 23.8 Å². The third-order valence-electron chi connectivity index (χ3n) is 3.94. The summed E-state index contributed by atoms with van der Waals surface area (Å²) in [5.74, 6) is 1.64. The summed E-state index contributed by atoms with van der Waals surface area (Å²) in [6.07, 6.45) is 10.2. The van der Waals surface area contributed by atoms with E-state index in [0.29, 0.717) is 0 Å². The van der Waals surface area contributed by atoms with Crippen LogP contribution in [0.15, 0.2) is 52.8 Å². The Hall–Kier alpha value is -1.88. The summed E-state index contributed by atoms with van der Waals surface area (Å²) >= 11 is 3.53. The Bertz CT molecular complexity index is 684. The highest BCUT2D eigenvalue weighted by atomic mass is 79.9. The zero-order valence-corrected chi connectivity index (χ0v) is 14.6. The van der Waals surface area contributed by atoms with Crippen LogP contribution >= 0.6 is 15.9 Å². The smallest absolute Gasteiger partial charge is 0.135 e. The van der Waals surface area contributed by atoms with Gasteiger partial charge in [-0.3, -0.25) is 0 Å². The predicted molar refractivity (Wildman–Crippen MR) is 99.1 cm³/mol. The van der Waals surface area contributed by atoms with Crippen LogP contribution in [0.4, 0.5) is 17.3 Å². The number of benzene rings is 1. The molecule has 1 aromatic heterocycles. The predicted octanol–water partition coefficient (Wildman–Crippen LogP) is 5.29.